The van der Waals surface area contributed by atoms with Crippen LogP contribution in [0, 0.1) is 5.82 Å². The van der Waals surface area contributed by atoms with Gasteiger partial charge in [0.2, 0.25) is 0 Å². The molecule has 8 nitrogen and oxygen atoms in total. The first-order valence-electron chi connectivity index (χ1n) is 10.8. The molecule has 1 amide bonds. The van der Waals surface area contributed by atoms with Gasteiger partial charge in [-0.05, 0) is 18.2 Å². The molecule has 2 aromatic heterocycles. The Labute approximate surface area is 194 Å². The quantitative estimate of drug-likeness (QED) is 0.425. The molecule has 2 N–H and O–H groups in total. The van der Waals surface area contributed by atoms with Crippen molar-refractivity contribution in [2.75, 3.05) is 12.3 Å². The first kappa shape index (κ1) is 21.4. The highest BCUT2D eigenvalue weighted by Gasteiger charge is 2.40. The normalized spacial score (nSPS) is 19.5. The molecule has 35 heavy (non-hydrogen) atoms. The van der Waals surface area contributed by atoms with E-state index in [9.17, 15) is 18.0 Å². The van der Waals surface area contributed by atoms with Crippen LogP contribution in [0.3, 0.4) is 0 Å². The lowest BCUT2D eigenvalue weighted by Crippen LogP contribution is -2.46. The highest BCUT2D eigenvalue weighted by molar-refractivity contribution is 5.99. The number of alkyl halides is 3. The summed E-state index contributed by atoms with van der Waals surface area (Å²) >= 11 is 0. The summed E-state index contributed by atoms with van der Waals surface area (Å²) in [6.07, 6.45) is -1.20. The number of carbonyl (C=O) groups is 1. The Morgan fingerprint density at radius 2 is 2.03 bits per heavy atom. The number of aromatic nitrogens is 3. The lowest BCUT2D eigenvalue weighted by molar-refractivity contribution is -0.274. The van der Waals surface area contributed by atoms with E-state index in [1.807, 2.05) is 0 Å². The number of amides is 1. The predicted molar refractivity (Wildman–Crippen MR) is 115 cm³/mol. The number of halogens is 4. The molecule has 1 unspecified atom stereocenters. The van der Waals surface area contributed by atoms with Crippen LogP contribution in [0.15, 0.2) is 42.9 Å². The minimum Gasteiger partial charge on any atom is -0.490 e. The summed E-state index contributed by atoms with van der Waals surface area (Å²) in [5.74, 6) is -1.31. The Bertz CT molecular complexity index is 1500. The van der Waals surface area contributed by atoms with Gasteiger partial charge in [0.05, 0.1) is 35.2 Å². The molecule has 0 aliphatic carbocycles. The number of rotatable bonds is 2. The Morgan fingerprint density at radius 1 is 1.20 bits per heavy atom. The summed E-state index contributed by atoms with van der Waals surface area (Å²) in [7, 11) is 0. The number of piperidine rings is 1. The van der Waals surface area contributed by atoms with Gasteiger partial charge in [0, 0.05) is 37.1 Å². The third-order valence-corrected chi connectivity index (χ3v) is 6.38. The molecule has 12 heteroatoms. The van der Waals surface area contributed by atoms with E-state index in [1.54, 1.807) is 4.40 Å². The van der Waals surface area contributed by atoms with Gasteiger partial charge in [-0.15, -0.1) is 13.2 Å². The van der Waals surface area contributed by atoms with E-state index < -0.39 is 29.9 Å². The number of nitrogens with zero attached hydrogens (tertiary/aromatic N) is 4. The van der Waals surface area contributed by atoms with Crippen LogP contribution in [0.1, 0.15) is 34.8 Å². The average Bonchev–Trinajstić information content (AvgIpc) is 3.28. The van der Waals surface area contributed by atoms with Crippen molar-refractivity contribution in [2.24, 2.45) is 0 Å². The number of hydrogen-bond acceptors (Lipinski definition) is 6. The first-order chi connectivity index (χ1) is 16.7. The molecule has 2 aromatic carbocycles. The second-order valence-electron chi connectivity index (χ2n) is 8.49. The first-order valence-corrected chi connectivity index (χ1v) is 10.8. The number of anilines is 1. The molecule has 0 saturated carbocycles. The smallest absolute Gasteiger partial charge is 0.490 e. The summed E-state index contributed by atoms with van der Waals surface area (Å²) in [6, 6.07) is 5.87. The standard InChI is InChI=1S/C23H17F4N5O3/c24-15-8-16-18(32-10-29-9-19(32)21(28)30-16)7-14(15)22(33)31-4-3-11-5-17(31)13-2-1-12(6-20(13)34-11)35-23(25,26)27/h1-2,6-11,17H,3-5H2,(H2,28,30)/t11?,17-/m1/s1. The molecule has 2 aliphatic heterocycles. The summed E-state index contributed by atoms with van der Waals surface area (Å²) in [6.45, 7) is 0.298. The second-order valence-corrected chi connectivity index (χ2v) is 8.49. The monoisotopic (exact) mass is 487 g/mol. The molecule has 4 aromatic rings. The summed E-state index contributed by atoms with van der Waals surface area (Å²) in [4.78, 5) is 23.4. The van der Waals surface area contributed by atoms with Crippen LogP contribution in [0.2, 0.25) is 0 Å². The maximum absolute atomic E-state index is 15.1. The Morgan fingerprint density at radius 3 is 2.83 bits per heavy atom. The lowest BCUT2D eigenvalue weighted by Gasteiger charge is -2.44. The molecule has 4 heterocycles. The summed E-state index contributed by atoms with van der Waals surface area (Å²) in [5, 5.41) is 0. The van der Waals surface area contributed by atoms with Crippen LogP contribution in [-0.2, 0) is 0 Å². The Kier molecular flexibility index (Phi) is 4.57. The van der Waals surface area contributed by atoms with Gasteiger partial charge in [-0.25, -0.2) is 14.4 Å². The second kappa shape index (κ2) is 7.45. The number of hydrogen-bond donors (Lipinski definition) is 1. The van der Waals surface area contributed by atoms with Gasteiger partial charge in [-0.1, -0.05) is 0 Å². The van der Waals surface area contributed by atoms with E-state index in [0.717, 1.165) is 6.07 Å². The van der Waals surface area contributed by atoms with Crippen molar-refractivity contribution < 1.29 is 31.8 Å². The van der Waals surface area contributed by atoms with Crippen molar-refractivity contribution in [3.05, 3.63) is 59.8 Å². The number of imidazole rings is 1. The van der Waals surface area contributed by atoms with E-state index in [4.69, 9.17) is 10.5 Å². The van der Waals surface area contributed by atoms with Gasteiger partial charge in [-0.2, -0.15) is 0 Å². The fourth-order valence-electron chi connectivity index (χ4n) is 4.86. The van der Waals surface area contributed by atoms with E-state index in [2.05, 4.69) is 14.7 Å². The number of ether oxygens (including phenoxy) is 2. The zero-order valence-corrected chi connectivity index (χ0v) is 17.9. The van der Waals surface area contributed by atoms with Crippen LogP contribution in [0.25, 0.3) is 16.6 Å². The Hall–Kier alpha value is -4.09. The van der Waals surface area contributed by atoms with Crippen molar-refractivity contribution in [3.63, 3.8) is 0 Å². The number of nitrogen functional groups attached to an aromatic ring is 1. The highest BCUT2D eigenvalue weighted by Crippen LogP contribution is 2.45. The van der Waals surface area contributed by atoms with Crippen molar-refractivity contribution >= 4 is 28.3 Å². The number of carbonyl (C=O) groups excluding carboxylic acids is 1. The zero-order chi connectivity index (χ0) is 24.5. The van der Waals surface area contributed by atoms with Gasteiger partial charge >= 0.3 is 6.36 Å². The number of nitrogens with two attached hydrogens (primary N) is 1. The highest BCUT2D eigenvalue weighted by atomic mass is 19.4. The molecular formula is C23H17F4N5O3. The fourth-order valence-corrected chi connectivity index (χ4v) is 4.86. The lowest BCUT2D eigenvalue weighted by atomic mass is 9.89. The van der Waals surface area contributed by atoms with Crippen molar-refractivity contribution in [1.82, 2.24) is 19.3 Å². The molecule has 2 bridgehead atoms. The molecule has 2 atom stereocenters. The van der Waals surface area contributed by atoms with Gasteiger partial charge in [0.1, 0.15) is 34.8 Å². The zero-order valence-electron chi connectivity index (χ0n) is 17.9. The van der Waals surface area contributed by atoms with Gasteiger partial charge in [-0.3, -0.25) is 9.20 Å². The van der Waals surface area contributed by atoms with Crippen LogP contribution in [0.5, 0.6) is 11.5 Å². The SMILES string of the molecule is Nc1nc2cc(F)c(C(=O)N3CCC4C[C@@H]3c3ccc(OC(F)(F)F)cc3O4)cc2n2cncc12. The largest absolute Gasteiger partial charge is 0.573 e. The summed E-state index contributed by atoms with van der Waals surface area (Å²) < 4.78 is 64.5. The van der Waals surface area contributed by atoms with Crippen molar-refractivity contribution in [3.8, 4) is 11.5 Å². The van der Waals surface area contributed by atoms with Crippen LogP contribution < -0.4 is 15.2 Å². The molecule has 2 aliphatic rings. The minimum atomic E-state index is -4.84. The molecule has 180 valence electrons. The third kappa shape index (κ3) is 3.56. The number of likely N-dealkylation sites (tertiary alicyclic amines) is 1. The maximum Gasteiger partial charge on any atom is 0.573 e. The molecule has 1 saturated heterocycles. The number of fused-ring (bicyclic) bond motifs is 7. The van der Waals surface area contributed by atoms with E-state index in [1.165, 1.54) is 41.7 Å². The fraction of sp³-hybridized carbons (Fsp3) is 0.261. The maximum atomic E-state index is 15.1. The van der Waals surface area contributed by atoms with Gasteiger partial charge < -0.3 is 20.1 Å². The van der Waals surface area contributed by atoms with Gasteiger partial charge in [0.15, 0.2) is 0 Å². The van der Waals surface area contributed by atoms with Crippen LogP contribution >= 0.6 is 0 Å². The minimum absolute atomic E-state index is 0.150. The molecular weight excluding hydrogens is 470 g/mol. The topological polar surface area (TPSA) is 95.0 Å². The molecule has 1 fully saturated rings. The predicted octanol–water partition coefficient (Wildman–Crippen LogP) is 4.24. The molecule has 0 radical (unpaired) electrons. The summed E-state index contributed by atoms with van der Waals surface area (Å²) in [5.41, 5.74) is 7.58. The van der Waals surface area contributed by atoms with Crippen molar-refractivity contribution in [1.29, 1.82) is 0 Å². The molecule has 0 spiro atoms. The molecule has 6 rings (SSSR count). The Balaban J connectivity index is 1.39. The third-order valence-electron chi connectivity index (χ3n) is 6.38. The van der Waals surface area contributed by atoms with Crippen LogP contribution in [-0.4, -0.2) is 44.2 Å². The van der Waals surface area contributed by atoms with E-state index in [0.29, 0.717) is 36.0 Å². The average molecular weight is 487 g/mol. The van der Waals surface area contributed by atoms with Gasteiger partial charge in [0.25, 0.3) is 5.91 Å². The van der Waals surface area contributed by atoms with E-state index in [-0.39, 0.29) is 28.8 Å². The number of benzene rings is 2. The van der Waals surface area contributed by atoms with Crippen LogP contribution in [0.4, 0.5) is 23.4 Å². The van der Waals surface area contributed by atoms with E-state index >= 15 is 4.39 Å². The van der Waals surface area contributed by atoms with Crippen molar-refractivity contribution in [2.45, 2.75) is 31.3 Å².